The van der Waals surface area contributed by atoms with Gasteiger partial charge in [0.05, 0.1) is 17.7 Å². The van der Waals surface area contributed by atoms with Gasteiger partial charge in [0.15, 0.2) is 5.78 Å². The summed E-state index contributed by atoms with van der Waals surface area (Å²) in [6.07, 6.45) is 1.07. The van der Waals surface area contributed by atoms with Crippen LogP contribution in [0.15, 0.2) is 53.7 Å². The molecule has 1 heterocycles. The molecule has 0 saturated carbocycles. The first-order chi connectivity index (χ1) is 12.8. The van der Waals surface area contributed by atoms with Crippen LogP contribution in [0.4, 0.5) is 5.69 Å². The molecule has 2 aromatic carbocycles. The van der Waals surface area contributed by atoms with E-state index < -0.39 is 10.0 Å². The molecule has 0 aliphatic heterocycles. The molecule has 0 fully saturated rings. The minimum Gasteiger partial charge on any atom is -0.293 e. The molecule has 0 radical (unpaired) electrons. The molecule has 0 amide bonds. The maximum Gasteiger partial charge on any atom is 0.229 e. The van der Waals surface area contributed by atoms with Crippen LogP contribution in [0.1, 0.15) is 15.9 Å². The van der Waals surface area contributed by atoms with Crippen LogP contribution in [0, 0.1) is 6.92 Å². The van der Waals surface area contributed by atoms with E-state index in [9.17, 15) is 13.2 Å². The lowest BCUT2D eigenvalue weighted by atomic mass is 10.1. The topological polar surface area (TPSA) is 107 Å². The van der Waals surface area contributed by atoms with Crippen LogP contribution >= 0.6 is 11.8 Å². The Kier molecular flexibility index (Phi) is 5.57. The van der Waals surface area contributed by atoms with Crippen molar-refractivity contribution in [2.45, 2.75) is 12.1 Å². The van der Waals surface area contributed by atoms with Crippen LogP contribution in [0.2, 0.25) is 0 Å². The van der Waals surface area contributed by atoms with Crippen molar-refractivity contribution in [3.63, 3.8) is 0 Å². The molecule has 0 spiro atoms. The second kappa shape index (κ2) is 7.89. The lowest BCUT2D eigenvalue weighted by Gasteiger charge is -2.07. The summed E-state index contributed by atoms with van der Waals surface area (Å²) in [7, 11) is -3.35. The third-order valence-corrected chi connectivity index (χ3v) is 5.15. The number of para-hydroxylation sites is 1. The molecule has 0 atom stereocenters. The number of nitrogens with one attached hydrogen (secondary N) is 1. The summed E-state index contributed by atoms with van der Waals surface area (Å²) in [6, 6.07) is 14.0. The number of carbonyl (C=O) groups is 1. The number of tetrazole rings is 1. The number of anilines is 1. The van der Waals surface area contributed by atoms with Crippen molar-refractivity contribution >= 4 is 33.3 Å². The molecule has 1 aromatic heterocycles. The predicted molar refractivity (Wildman–Crippen MR) is 104 cm³/mol. The second-order valence-electron chi connectivity index (χ2n) is 5.82. The summed E-state index contributed by atoms with van der Waals surface area (Å²) in [5, 5.41) is 12.2. The van der Waals surface area contributed by atoms with Crippen molar-refractivity contribution in [2.75, 3.05) is 16.7 Å². The molecular weight excluding hydrogens is 386 g/mol. The minimum atomic E-state index is -3.35. The summed E-state index contributed by atoms with van der Waals surface area (Å²) in [5.41, 5.74) is 2.77. The van der Waals surface area contributed by atoms with Crippen LogP contribution in [-0.4, -0.2) is 46.4 Å². The molecule has 27 heavy (non-hydrogen) atoms. The highest BCUT2D eigenvalue weighted by Crippen LogP contribution is 2.21. The van der Waals surface area contributed by atoms with Gasteiger partial charge in [-0.2, -0.15) is 4.68 Å². The highest BCUT2D eigenvalue weighted by molar-refractivity contribution is 7.99. The zero-order valence-electron chi connectivity index (χ0n) is 14.7. The molecule has 0 bridgehead atoms. The van der Waals surface area contributed by atoms with Crippen molar-refractivity contribution in [2.24, 2.45) is 0 Å². The molecule has 3 aromatic rings. The maximum atomic E-state index is 12.4. The number of thioether (sulfide) groups is 1. The monoisotopic (exact) mass is 403 g/mol. The third-order valence-electron chi connectivity index (χ3n) is 3.63. The fourth-order valence-electron chi connectivity index (χ4n) is 2.37. The molecule has 0 saturated heterocycles. The normalized spacial score (nSPS) is 11.3. The number of hydrogen-bond donors (Lipinski definition) is 1. The van der Waals surface area contributed by atoms with E-state index in [-0.39, 0.29) is 11.5 Å². The van der Waals surface area contributed by atoms with Gasteiger partial charge in [0.25, 0.3) is 0 Å². The molecule has 0 unspecified atom stereocenters. The Morgan fingerprint density at radius 3 is 2.52 bits per heavy atom. The second-order valence-corrected chi connectivity index (χ2v) is 8.51. The van der Waals surface area contributed by atoms with Crippen molar-refractivity contribution in [1.82, 2.24) is 20.2 Å². The first-order valence-corrected chi connectivity index (χ1v) is 10.8. The van der Waals surface area contributed by atoms with Gasteiger partial charge in [-0.3, -0.25) is 9.52 Å². The number of carbonyl (C=O) groups excluding carboxylic acids is 1. The van der Waals surface area contributed by atoms with Crippen molar-refractivity contribution < 1.29 is 13.2 Å². The zero-order valence-corrected chi connectivity index (χ0v) is 16.3. The van der Waals surface area contributed by atoms with Gasteiger partial charge in [0, 0.05) is 11.3 Å². The van der Waals surface area contributed by atoms with Gasteiger partial charge in [-0.1, -0.05) is 30.0 Å². The van der Waals surface area contributed by atoms with E-state index in [1.54, 1.807) is 28.9 Å². The summed E-state index contributed by atoms with van der Waals surface area (Å²) < 4.78 is 26.4. The van der Waals surface area contributed by atoms with E-state index in [1.807, 2.05) is 31.2 Å². The molecule has 0 aliphatic rings. The number of sulfonamides is 1. The van der Waals surface area contributed by atoms with Crippen molar-refractivity contribution in [1.29, 1.82) is 0 Å². The van der Waals surface area contributed by atoms with Gasteiger partial charge in [0.2, 0.25) is 15.2 Å². The number of rotatable bonds is 7. The molecule has 1 N–H and O–H groups in total. The van der Waals surface area contributed by atoms with Gasteiger partial charge >= 0.3 is 0 Å². The van der Waals surface area contributed by atoms with Crippen LogP contribution in [0.25, 0.3) is 5.69 Å². The van der Waals surface area contributed by atoms with E-state index >= 15 is 0 Å². The Balaban J connectivity index is 1.69. The average molecular weight is 403 g/mol. The van der Waals surface area contributed by atoms with E-state index in [2.05, 4.69) is 20.2 Å². The highest BCUT2D eigenvalue weighted by atomic mass is 32.2. The van der Waals surface area contributed by atoms with E-state index in [0.717, 1.165) is 17.5 Å². The number of aryl methyl sites for hydroxylation is 1. The number of aromatic nitrogens is 4. The fourth-order valence-corrected chi connectivity index (χ4v) is 3.72. The molecule has 3 rings (SSSR count). The number of hydrogen-bond acceptors (Lipinski definition) is 7. The lowest BCUT2D eigenvalue weighted by molar-refractivity contribution is 0.102. The quantitative estimate of drug-likeness (QED) is 0.476. The lowest BCUT2D eigenvalue weighted by Crippen LogP contribution is -2.10. The molecule has 0 aliphatic carbocycles. The molecule has 140 valence electrons. The van der Waals surface area contributed by atoms with Gasteiger partial charge in [0.1, 0.15) is 0 Å². The Morgan fingerprint density at radius 1 is 1.15 bits per heavy atom. The van der Waals surface area contributed by atoms with Crippen LogP contribution in [0.5, 0.6) is 0 Å². The van der Waals surface area contributed by atoms with E-state index in [4.69, 9.17) is 0 Å². The number of Topliss-reactive ketones (excluding diaryl/α,β-unsaturated/α-hetero) is 1. The number of benzene rings is 2. The van der Waals surface area contributed by atoms with Crippen LogP contribution in [0.3, 0.4) is 0 Å². The maximum absolute atomic E-state index is 12.4. The van der Waals surface area contributed by atoms with Crippen molar-refractivity contribution in [3.8, 4) is 5.69 Å². The summed E-state index contributed by atoms with van der Waals surface area (Å²) >= 11 is 1.24. The summed E-state index contributed by atoms with van der Waals surface area (Å²) in [6.45, 7) is 1.96. The number of ketones is 1. The molecule has 10 heteroatoms. The van der Waals surface area contributed by atoms with Crippen LogP contribution in [-0.2, 0) is 10.0 Å². The molecule has 8 nitrogen and oxygen atoms in total. The highest BCUT2D eigenvalue weighted by Gasteiger charge is 2.14. The average Bonchev–Trinajstić information content (AvgIpc) is 3.07. The SMILES string of the molecule is Cc1ccccc1-n1nnnc1SCC(=O)c1ccc(NS(C)(=O)=O)cc1. The van der Waals surface area contributed by atoms with Gasteiger partial charge in [-0.25, -0.2) is 8.42 Å². The smallest absolute Gasteiger partial charge is 0.229 e. The van der Waals surface area contributed by atoms with Gasteiger partial charge in [-0.05, 0) is 53.2 Å². The Morgan fingerprint density at radius 2 is 1.85 bits per heavy atom. The zero-order chi connectivity index (χ0) is 19.4. The van der Waals surface area contributed by atoms with E-state index in [1.165, 1.54) is 11.8 Å². The first-order valence-electron chi connectivity index (χ1n) is 7.92. The Bertz CT molecular complexity index is 1060. The molecular formula is C17H17N5O3S2. The Hall–Kier alpha value is -2.72. The van der Waals surface area contributed by atoms with Crippen LogP contribution < -0.4 is 4.72 Å². The van der Waals surface area contributed by atoms with Gasteiger partial charge in [-0.15, -0.1) is 5.10 Å². The Labute approximate surface area is 161 Å². The largest absolute Gasteiger partial charge is 0.293 e. The van der Waals surface area contributed by atoms with E-state index in [0.29, 0.717) is 16.4 Å². The standard InChI is InChI=1S/C17H17N5O3S2/c1-12-5-3-4-6-15(12)22-17(18-20-21-22)26-11-16(23)13-7-9-14(10-8-13)19-27(2,24)25/h3-10,19H,11H2,1-2H3. The summed E-state index contributed by atoms with van der Waals surface area (Å²) in [5.74, 6) is 0.0516. The minimum absolute atomic E-state index is 0.106. The predicted octanol–water partition coefficient (Wildman–Crippen LogP) is 2.32. The van der Waals surface area contributed by atoms with Crippen molar-refractivity contribution in [3.05, 3.63) is 59.7 Å². The first kappa shape index (κ1) is 19.1. The van der Waals surface area contributed by atoms with Gasteiger partial charge < -0.3 is 0 Å². The number of nitrogens with zero attached hydrogens (tertiary/aromatic N) is 4. The third kappa shape index (κ3) is 4.92. The summed E-state index contributed by atoms with van der Waals surface area (Å²) in [4.78, 5) is 12.4. The fraction of sp³-hybridized carbons (Fsp3) is 0.176.